The highest BCUT2D eigenvalue weighted by molar-refractivity contribution is 6.07. The van der Waals surface area contributed by atoms with E-state index in [0.717, 1.165) is 45.6 Å². The molecule has 0 saturated heterocycles. The highest BCUT2D eigenvalue weighted by Gasteiger charge is 2.12. The number of anilines is 1. The first-order chi connectivity index (χ1) is 11.3. The number of nitrogens with two attached hydrogens (primary N) is 1. The maximum Gasteiger partial charge on any atom is 0.152 e. The van der Waals surface area contributed by atoms with Crippen molar-refractivity contribution in [2.75, 3.05) is 12.3 Å². The average Bonchev–Trinajstić information content (AvgIpc) is 3.22. The van der Waals surface area contributed by atoms with Gasteiger partial charge in [0.2, 0.25) is 0 Å². The van der Waals surface area contributed by atoms with Gasteiger partial charge in [-0.1, -0.05) is 13.0 Å². The monoisotopic (exact) mass is 379 g/mol. The summed E-state index contributed by atoms with van der Waals surface area (Å²) in [7, 11) is 0. The zero-order valence-electron chi connectivity index (χ0n) is 13.5. The molecule has 0 spiro atoms. The number of halogens is 2. The molecule has 0 aliphatic rings. The van der Waals surface area contributed by atoms with E-state index in [9.17, 15) is 0 Å². The summed E-state index contributed by atoms with van der Waals surface area (Å²) in [5.74, 6) is 1.30. The average molecular weight is 380 g/mol. The molecule has 0 amide bonds. The lowest BCUT2D eigenvalue weighted by Crippen LogP contribution is -2.12. The zero-order valence-corrected chi connectivity index (χ0v) is 15.2. The summed E-state index contributed by atoms with van der Waals surface area (Å²) in [6.07, 6.45) is 1.80. The van der Waals surface area contributed by atoms with Crippen LogP contribution in [0.5, 0.6) is 0 Å². The van der Waals surface area contributed by atoms with Crippen molar-refractivity contribution in [3.05, 3.63) is 36.3 Å². The van der Waals surface area contributed by atoms with E-state index in [2.05, 4.69) is 37.4 Å². The molecular weight excluding hydrogens is 361 g/mol. The lowest BCUT2D eigenvalue weighted by atomic mass is 10.1. The Hall–Kier alpha value is -2.35. The number of fused-ring (bicyclic) bond motifs is 3. The number of imidazole rings is 1. The van der Waals surface area contributed by atoms with Crippen LogP contribution in [0.2, 0.25) is 0 Å². The molecule has 25 heavy (non-hydrogen) atoms. The molecule has 0 unspecified atom stereocenters. The second-order valence-corrected chi connectivity index (χ2v) is 5.38. The Balaban J connectivity index is 0.00000113. The molecule has 0 bridgehead atoms. The number of nitrogen functional groups attached to an aromatic ring is 1. The third-order valence-corrected chi connectivity index (χ3v) is 3.84. The molecule has 0 atom stereocenters. The van der Waals surface area contributed by atoms with E-state index < -0.39 is 0 Å². The second-order valence-electron chi connectivity index (χ2n) is 5.38. The molecule has 3 aromatic heterocycles. The van der Waals surface area contributed by atoms with E-state index in [-0.39, 0.29) is 24.8 Å². The molecular formula is C16H19Cl2N7. The molecule has 0 aliphatic carbocycles. The number of nitrogens with zero attached hydrogens (tertiary/aromatic N) is 3. The highest BCUT2D eigenvalue weighted by atomic mass is 35.5. The first-order valence-electron chi connectivity index (χ1n) is 7.55. The van der Waals surface area contributed by atoms with Gasteiger partial charge in [-0.3, -0.25) is 5.10 Å². The number of hydrogen-bond donors (Lipinski definition) is 4. The van der Waals surface area contributed by atoms with Gasteiger partial charge in [0.25, 0.3) is 0 Å². The molecule has 0 radical (unpaired) electrons. The fourth-order valence-electron chi connectivity index (χ4n) is 2.73. The van der Waals surface area contributed by atoms with E-state index in [1.165, 1.54) is 0 Å². The topological polar surface area (TPSA) is 108 Å². The van der Waals surface area contributed by atoms with Gasteiger partial charge < -0.3 is 16.0 Å². The Labute approximate surface area is 156 Å². The quantitative estimate of drug-likeness (QED) is 0.435. The number of rotatable bonds is 4. The first kappa shape index (κ1) is 19.0. The fraction of sp³-hybridized carbons (Fsp3) is 0.188. The Morgan fingerprint density at radius 1 is 1.16 bits per heavy atom. The van der Waals surface area contributed by atoms with E-state index >= 15 is 0 Å². The van der Waals surface area contributed by atoms with Gasteiger partial charge in [0.15, 0.2) is 5.82 Å². The first-order valence-corrected chi connectivity index (χ1v) is 7.55. The summed E-state index contributed by atoms with van der Waals surface area (Å²) in [6.45, 7) is 3.63. The van der Waals surface area contributed by atoms with Crippen LogP contribution < -0.4 is 11.1 Å². The van der Waals surface area contributed by atoms with E-state index in [1.54, 1.807) is 6.20 Å². The Morgan fingerprint density at radius 3 is 2.72 bits per heavy atom. The number of hydrogen-bond acceptors (Lipinski definition) is 5. The fourth-order valence-corrected chi connectivity index (χ4v) is 2.73. The van der Waals surface area contributed by atoms with E-state index in [0.29, 0.717) is 12.4 Å². The van der Waals surface area contributed by atoms with Crippen molar-refractivity contribution >= 4 is 52.6 Å². The van der Waals surface area contributed by atoms with Crippen LogP contribution in [0.4, 0.5) is 5.82 Å². The summed E-state index contributed by atoms with van der Waals surface area (Å²) < 4.78 is 0. The third-order valence-electron chi connectivity index (χ3n) is 3.84. The van der Waals surface area contributed by atoms with Crippen molar-refractivity contribution in [2.45, 2.75) is 13.5 Å². The Morgan fingerprint density at radius 2 is 2.00 bits per heavy atom. The third kappa shape index (κ3) is 3.39. The number of benzene rings is 1. The smallest absolute Gasteiger partial charge is 0.152 e. The van der Waals surface area contributed by atoms with Crippen LogP contribution in [0.1, 0.15) is 12.7 Å². The van der Waals surface area contributed by atoms with Crippen molar-refractivity contribution in [3.8, 4) is 11.3 Å². The molecule has 1 aromatic carbocycles. The summed E-state index contributed by atoms with van der Waals surface area (Å²) in [5.41, 5.74) is 10.4. The van der Waals surface area contributed by atoms with Crippen LogP contribution in [-0.2, 0) is 6.54 Å². The van der Waals surface area contributed by atoms with Crippen molar-refractivity contribution in [3.63, 3.8) is 0 Å². The molecule has 7 nitrogen and oxygen atoms in total. The molecule has 0 saturated carbocycles. The van der Waals surface area contributed by atoms with Crippen LogP contribution in [0.25, 0.3) is 33.2 Å². The van der Waals surface area contributed by atoms with Crippen molar-refractivity contribution in [1.29, 1.82) is 0 Å². The highest BCUT2D eigenvalue weighted by Crippen LogP contribution is 2.29. The zero-order chi connectivity index (χ0) is 15.8. The van der Waals surface area contributed by atoms with Gasteiger partial charge in [-0.2, -0.15) is 5.10 Å². The van der Waals surface area contributed by atoms with Crippen molar-refractivity contribution in [1.82, 2.24) is 30.5 Å². The molecule has 5 N–H and O–H groups in total. The lowest BCUT2D eigenvalue weighted by Gasteiger charge is -2.03. The van der Waals surface area contributed by atoms with Crippen LogP contribution in [0, 0.1) is 0 Å². The van der Waals surface area contributed by atoms with Crippen molar-refractivity contribution in [2.24, 2.45) is 0 Å². The predicted octanol–water partition coefficient (Wildman–Crippen LogP) is 3.04. The number of H-pyrrole nitrogens is 2. The minimum Gasteiger partial charge on any atom is -0.382 e. The van der Waals surface area contributed by atoms with Crippen molar-refractivity contribution < 1.29 is 0 Å². The van der Waals surface area contributed by atoms with Gasteiger partial charge in [0, 0.05) is 17.1 Å². The van der Waals surface area contributed by atoms with Crippen LogP contribution in [0.15, 0.2) is 30.5 Å². The normalized spacial score (nSPS) is 10.6. The number of pyridine rings is 1. The van der Waals surface area contributed by atoms with Gasteiger partial charge in [-0.15, -0.1) is 24.8 Å². The predicted molar refractivity (Wildman–Crippen MR) is 105 cm³/mol. The summed E-state index contributed by atoms with van der Waals surface area (Å²) in [5, 5.41) is 11.3. The largest absolute Gasteiger partial charge is 0.382 e. The second kappa shape index (κ2) is 7.69. The van der Waals surface area contributed by atoms with Crippen LogP contribution in [-0.4, -0.2) is 31.7 Å². The summed E-state index contributed by atoms with van der Waals surface area (Å²) in [6, 6.07) is 7.98. The van der Waals surface area contributed by atoms with Gasteiger partial charge in [-0.25, -0.2) is 9.97 Å². The Kier molecular flexibility index (Phi) is 5.84. The molecule has 0 aliphatic heterocycles. The minimum absolute atomic E-state index is 0. The maximum absolute atomic E-state index is 6.10. The summed E-state index contributed by atoms with van der Waals surface area (Å²) >= 11 is 0. The molecule has 9 heteroatoms. The standard InChI is InChI=1S/C16H17N7.2ClH/c1-2-18-8-13-21-14-10-4-3-9(11-5-6-19-23-11)7-12(10)20-16(17)15(14)22-13;;/h3-7,18H,2,8H2,1H3,(H2,17,20)(H,19,23)(H,21,22);2*1H. The minimum atomic E-state index is 0. The summed E-state index contributed by atoms with van der Waals surface area (Å²) in [4.78, 5) is 12.4. The number of aromatic nitrogens is 5. The molecule has 132 valence electrons. The Bertz CT molecular complexity index is 979. The molecule has 0 fully saturated rings. The number of nitrogens with one attached hydrogen (secondary N) is 3. The van der Waals surface area contributed by atoms with Gasteiger partial charge >= 0.3 is 0 Å². The molecule has 4 aromatic rings. The van der Waals surface area contributed by atoms with Gasteiger partial charge in [-0.05, 0) is 24.7 Å². The molecule has 4 rings (SSSR count). The van der Waals surface area contributed by atoms with Crippen LogP contribution >= 0.6 is 24.8 Å². The van der Waals surface area contributed by atoms with Crippen LogP contribution in [0.3, 0.4) is 0 Å². The lowest BCUT2D eigenvalue weighted by molar-refractivity contribution is 0.700. The SMILES string of the molecule is CCNCc1nc2c(N)nc3cc(-c4cc[nH]n4)ccc3c2[nH]1.Cl.Cl. The van der Waals surface area contributed by atoms with Gasteiger partial charge in [0.1, 0.15) is 11.3 Å². The van der Waals surface area contributed by atoms with E-state index in [4.69, 9.17) is 5.73 Å². The molecule has 3 heterocycles. The van der Waals surface area contributed by atoms with E-state index in [1.807, 2.05) is 24.3 Å². The number of aromatic amines is 2. The van der Waals surface area contributed by atoms with Gasteiger partial charge in [0.05, 0.1) is 23.3 Å². The maximum atomic E-state index is 6.10.